The number of nitrogens with zero attached hydrogens (tertiary/aromatic N) is 2. The van der Waals surface area contributed by atoms with Gasteiger partial charge in [0.2, 0.25) is 0 Å². The van der Waals surface area contributed by atoms with E-state index in [1.165, 1.54) is 53.6 Å². The largest absolute Gasteiger partial charge is 0.344 e. The Bertz CT molecular complexity index is 2890. The smallest absolute Gasteiger partial charge is 0.159 e. The molecule has 3 nitrogen and oxygen atoms in total. The first-order chi connectivity index (χ1) is 27.2. The first-order valence-corrected chi connectivity index (χ1v) is 19.4. The van der Waals surface area contributed by atoms with Crippen molar-refractivity contribution in [3.8, 4) is 44.5 Å². The monoisotopic (exact) mass is 721 g/mol. The first kappa shape index (κ1) is 32.7. The highest BCUT2D eigenvalue weighted by atomic mass is 32.1. The quantitative estimate of drug-likeness (QED) is 0.175. The van der Waals surface area contributed by atoms with Crippen molar-refractivity contribution in [1.82, 2.24) is 5.32 Å². The summed E-state index contributed by atoms with van der Waals surface area (Å²) in [6.45, 7) is 0. The van der Waals surface area contributed by atoms with Gasteiger partial charge in [0.05, 0.1) is 0 Å². The molecule has 4 heteroatoms. The minimum absolute atomic E-state index is 0.248. The molecule has 55 heavy (non-hydrogen) atoms. The highest BCUT2D eigenvalue weighted by Gasteiger charge is 2.22. The van der Waals surface area contributed by atoms with E-state index in [0.29, 0.717) is 0 Å². The van der Waals surface area contributed by atoms with Crippen LogP contribution in [-0.4, -0.2) is 11.7 Å². The van der Waals surface area contributed by atoms with Gasteiger partial charge in [0.1, 0.15) is 12.0 Å². The van der Waals surface area contributed by atoms with Crippen LogP contribution in [0.25, 0.3) is 64.7 Å². The standard InChI is InChI=1S/C51H35N3S/c1-4-15-34(16-5-1)37-21-12-25-41(31-37)44-30-29-43(47-45-27-10-11-28-46(45)55-48(44)47)40-24-13-22-38(32-40)39-23-14-26-42(33-39)51-53-49(35-17-6-2-7-18-35)52-50(54-51)36-19-8-3-9-20-36/h1-33,49H,(H,52,53,54). The molecular weight excluding hydrogens is 687 g/mol. The van der Waals surface area contributed by atoms with E-state index >= 15 is 0 Å². The lowest BCUT2D eigenvalue weighted by molar-refractivity contribution is 0.674. The zero-order chi connectivity index (χ0) is 36.6. The molecule has 2 heterocycles. The molecule has 0 aliphatic carbocycles. The van der Waals surface area contributed by atoms with Gasteiger partial charge in [-0.2, -0.15) is 0 Å². The molecule has 0 bridgehead atoms. The average molecular weight is 722 g/mol. The number of rotatable bonds is 7. The third-order valence-electron chi connectivity index (χ3n) is 10.3. The predicted molar refractivity (Wildman–Crippen MR) is 233 cm³/mol. The maximum atomic E-state index is 5.07. The Morgan fingerprint density at radius 1 is 0.418 bits per heavy atom. The van der Waals surface area contributed by atoms with Crippen LogP contribution in [0.1, 0.15) is 22.9 Å². The summed E-state index contributed by atoms with van der Waals surface area (Å²) in [6.07, 6.45) is -0.248. The van der Waals surface area contributed by atoms with Crippen LogP contribution in [0.15, 0.2) is 210 Å². The second kappa shape index (κ2) is 14.2. The molecule has 1 aliphatic rings. The van der Waals surface area contributed by atoms with Gasteiger partial charge >= 0.3 is 0 Å². The Labute approximate surface area is 324 Å². The molecule has 1 unspecified atom stereocenters. The molecule has 0 amide bonds. The van der Waals surface area contributed by atoms with Crippen LogP contribution < -0.4 is 5.32 Å². The number of aliphatic imine (C=N–C) groups is 2. The fourth-order valence-electron chi connectivity index (χ4n) is 7.62. The van der Waals surface area contributed by atoms with E-state index in [4.69, 9.17) is 9.98 Å². The van der Waals surface area contributed by atoms with E-state index in [-0.39, 0.29) is 6.17 Å². The van der Waals surface area contributed by atoms with Crippen molar-refractivity contribution < 1.29 is 0 Å². The van der Waals surface area contributed by atoms with Gasteiger partial charge in [-0.3, -0.25) is 0 Å². The highest BCUT2D eigenvalue weighted by Crippen LogP contribution is 2.45. The molecule has 1 aromatic heterocycles. The third kappa shape index (κ3) is 6.33. The van der Waals surface area contributed by atoms with Crippen LogP contribution in [0.4, 0.5) is 0 Å². The fourth-order valence-corrected chi connectivity index (χ4v) is 8.89. The van der Waals surface area contributed by atoms with E-state index in [1.54, 1.807) is 0 Å². The zero-order valence-electron chi connectivity index (χ0n) is 29.9. The molecule has 1 atom stereocenters. The van der Waals surface area contributed by atoms with Gasteiger partial charge in [-0.05, 0) is 74.3 Å². The van der Waals surface area contributed by atoms with Crippen molar-refractivity contribution in [3.63, 3.8) is 0 Å². The second-order valence-corrected chi connectivity index (χ2v) is 14.9. The van der Waals surface area contributed by atoms with Crippen molar-refractivity contribution in [2.24, 2.45) is 9.98 Å². The number of thiophene rings is 1. The summed E-state index contributed by atoms with van der Waals surface area (Å²) in [7, 11) is 0. The molecule has 10 rings (SSSR count). The number of hydrogen-bond acceptors (Lipinski definition) is 4. The molecule has 0 fully saturated rings. The summed E-state index contributed by atoms with van der Waals surface area (Å²) in [5, 5.41) is 6.22. The first-order valence-electron chi connectivity index (χ1n) is 18.6. The Balaban J connectivity index is 1.05. The van der Waals surface area contributed by atoms with Gasteiger partial charge in [0, 0.05) is 31.3 Å². The van der Waals surface area contributed by atoms with Crippen molar-refractivity contribution in [2.45, 2.75) is 6.17 Å². The third-order valence-corrected chi connectivity index (χ3v) is 11.5. The zero-order valence-corrected chi connectivity index (χ0v) is 30.7. The van der Waals surface area contributed by atoms with Crippen LogP contribution in [0.3, 0.4) is 0 Å². The van der Waals surface area contributed by atoms with E-state index in [0.717, 1.165) is 39.5 Å². The lowest BCUT2D eigenvalue weighted by Gasteiger charge is -2.24. The molecule has 260 valence electrons. The lowest BCUT2D eigenvalue weighted by Crippen LogP contribution is -2.33. The number of hydrogen-bond donors (Lipinski definition) is 1. The molecule has 0 spiro atoms. The SMILES string of the molecule is c1ccc(C2=NC(c3ccccc3)NC(c3cccc(-c4cccc(-c5ccc(-c6cccc(-c7ccccc7)c6)c6sc7ccccc7c56)c4)c3)=N2)cc1. The molecule has 1 aliphatic heterocycles. The van der Waals surface area contributed by atoms with Gasteiger partial charge in [-0.25, -0.2) is 9.98 Å². The van der Waals surface area contributed by atoms with Crippen LogP contribution in [-0.2, 0) is 0 Å². The Kier molecular flexibility index (Phi) is 8.43. The van der Waals surface area contributed by atoms with E-state index in [9.17, 15) is 0 Å². The fraction of sp³-hybridized carbons (Fsp3) is 0.0196. The van der Waals surface area contributed by atoms with Gasteiger partial charge < -0.3 is 5.32 Å². The normalized spacial score (nSPS) is 14.0. The number of benzene rings is 8. The summed E-state index contributed by atoms with van der Waals surface area (Å²) in [6, 6.07) is 71.2. The number of fused-ring (bicyclic) bond motifs is 3. The topological polar surface area (TPSA) is 36.8 Å². The summed E-state index contributed by atoms with van der Waals surface area (Å²) < 4.78 is 2.60. The van der Waals surface area contributed by atoms with Crippen molar-refractivity contribution in [1.29, 1.82) is 0 Å². The molecule has 1 N–H and O–H groups in total. The predicted octanol–water partition coefficient (Wildman–Crippen LogP) is 13.2. The average Bonchev–Trinajstić information content (AvgIpc) is 3.67. The summed E-state index contributed by atoms with van der Waals surface area (Å²) >= 11 is 1.88. The van der Waals surface area contributed by atoms with Crippen LogP contribution in [0.2, 0.25) is 0 Å². The van der Waals surface area contributed by atoms with E-state index in [1.807, 2.05) is 35.6 Å². The Morgan fingerprint density at radius 3 is 1.64 bits per heavy atom. The summed E-state index contributed by atoms with van der Waals surface area (Å²) in [5.74, 6) is 1.52. The summed E-state index contributed by atoms with van der Waals surface area (Å²) in [4.78, 5) is 10.1. The van der Waals surface area contributed by atoms with Crippen LogP contribution in [0.5, 0.6) is 0 Å². The van der Waals surface area contributed by atoms with Crippen molar-refractivity contribution in [3.05, 3.63) is 217 Å². The Hall–Kier alpha value is -6.88. The van der Waals surface area contributed by atoms with E-state index < -0.39 is 0 Å². The van der Waals surface area contributed by atoms with Crippen molar-refractivity contribution in [2.75, 3.05) is 0 Å². The maximum absolute atomic E-state index is 5.07. The van der Waals surface area contributed by atoms with Gasteiger partial charge in [0.15, 0.2) is 5.84 Å². The van der Waals surface area contributed by atoms with Gasteiger partial charge in [-0.1, -0.05) is 176 Å². The lowest BCUT2D eigenvalue weighted by atomic mass is 9.92. The molecule has 0 saturated heterocycles. The van der Waals surface area contributed by atoms with Crippen LogP contribution >= 0.6 is 11.3 Å². The van der Waals surface area contributed by atoms with Gasteiger partial charge in [0.25, 0.3) is 0 Å². The molecule has 0 radical (unpaired) electrons. The second-order valence-electron chi connectivity index (χ2n) is 13.8. The van der Waals surface area contributed by atoms with Gasteiger partial charge in [-0.15, -0.1) is 11.3 Å². The molecular formula is C51H35N3S. The van der Waals surface area contributed by atoms with E-state index in [2.05, 4.69) is 181 Å². The minimum atomic E-state index is -0.248. The van der Waals surface area contributed by atoms with Crippen molar-refractivity contribution >= 4 is 43.2 Å². The minimum Gasteiger partial charge on any atom is -0.344 e. The highest BCUT2D eigenvalue weighted by molar-refractivity contribution is 7.26. The molecule has 8 aromatic carbocycles. The molecule has 0 saturated carbocycles. The molecule has 9 aromatic rings. The Morgan fingerprint density at radius 2 is 0.927 bits per heavy atom. The summed E-state index contributed by atoms with van der Waals surface area (Å²) in [5.41, 5.74) is 12.7. The number of nitrogens with one attached hydrogen (secondary N) is 1. The number of amidine groups is 2. The van der Waals surface area contributed by atoms with Crippen LogP contribution in [0, 0.1) is 0 Å². The maximum Gasteiger partial charge on any atom is 0.159 e.